The Labute approximate surface area is 102 Å². The largest absolute Gasteiger partial charge is 0.466 e. The van der Waals surface area contributed by atoms with Gasteiger partial charge < -0.3 is 4.74 Å². The number of esters is 1. The zero-order chi connectivity index (χ0) is 11.7. The van der Waals surface area contributed by atoms with Crippen LogP contribution < -0.4 is 0 Å². The third-order valence-electron chi connectivity index (χ3n) is 2.75. The Morgan fingerprint density at radius 1 is 1.62 bits per heavy atom. The summed E-state index contributed by atoms with van der Waals surface area (Å²) >= 11 is 3.10. The Morgan fingerprint density at radius 3 is 3.00 bits per heavy atom. The molecule has 0 aliphatic heterocycles. The van der Waals surface area contributed by atoms with Crippen molar-refractivity contribution in [1.29, 1.82) is 0 Å². The molecule has 1 fully saturated rings. The van der Waals surface area contributed by atoms with E-state index in [1.165, 1.54) is 6.07 Å². The second-order valence-corrected chi connectivity index (χ2v) is 4.73. The van der Waals surface area contributed by atoms with Gasteiger partial charge in [0.1, 0.15) is 5.82 Å². The maximum absolute atomic E-state index is 13.3. The summed E-state index contributed by atoms with van der Waals surface area (Å²) in [7, 11) is 0. The van der Waals surface area contributed by atoms with Crippen molar-refractivity contribution in [2.24, 2.45) is 5.92 Å². The average molecular weight is 287 g/mol. The summed E-state index contributed by atoms with van der Waals surface area (Å²) in [6.07, 6.45) is 0.764. The number of carbonyl (C=O) groups is 1. The number of hydrogen-bond donors (Lipinski definition) is 0. The first-order chi connectivity index (χ1) is 7.63. The Kier molecular flexibility index (Phi) is 3.28. The van der Waals surface area contributed by atoms with Crippen molar-refractivity contribution in [2.45, 2.75) is 19.3 Å². The van der Waals surface area contributed by atoms with Crippen LogP contribution in [0.2, 0.25) is 0 Å². The van der Waals surface area contributed by atoms with Gasteiger partial charge in [-0.15, -0.1) is 0 Å². The van der Waals surface area contributed by atoms with Crippen LogP contribution in [-0.2, 0) is 9.53 Å². The first-order valence-corrected chi connectivity index (χ1v) is 6.04. The predicted molar refractivity (Wildman–Crippen MR) is 61.6 cm³/mol. The van der Waals surface area contributed by atoms with Gasteiger partial charge >= 0.3 is 5.97 Å². The van der Waals surface area contributed by atoms with Crippen LogP contribution in [0.15, 0.2) is 22.7 Å². The van der Waals surface area contributed by atoms with Gasteiger partial charge in [-0.1, -0.05) is 6.07 Å². The first kappa shape index (κ1) is 11.6. The molecule has 16 heavy (non-hydrogen) atoms. The molecule has 2 atom stereocenters. The van der Waals surface area contributed by atoms with Gasteiger partial charge in [-0.25, -0.2) is 4.39 Å². The number of hydrogen-bond acceptors (Lipinski definition) is 2. The fourth-order valence-corrected chi connectivity index (χ4v) is 2.06. The van der Waals surface area contributed by atoms with Crippen LogP contribution >= 0.6 is 15.9 Å². The molecule has 1 aromatic carbocycles. The third kappa shape index (κ3) is 2.26. The van der Waals surface area contributed by atoms with Crippen molar-refractivity contribution in [3.8, 4) is 0 Å². The van der Waals surface area contributed by atoms with Crippen molar-refractivity contribution >= 4 is 21.9 Å². The van der Waals surface area contributed by atoms with E-state index in [-0.39, 0.29) is 23.6 Å². The van der Waals surface area contributed by atoms with E-state index in [1.54, 1.807) is 13.0 Å². The van der Waals surface area contributed by atoms with E-state index >= 15 is 0 Å². The molecule has 0 bridgehead atoms. The van der Waals surface area contributed by atoms with E-state index in [0.717, 1.165) is 12.0 Å². The summed E-state index contributed by atoms with van der Waals surface area (Å²) in [6, 6.07) is 5.00. The molecular formula is C12H12BrFO2. The minimum absolute atomic E-state index is 0.0828. The van der Waals surface area contributed by atoms with Crippen LogP contribution in [0.5, 0.6) is 0 Å². The van der Waals surface area contributed by atoms with E-state index in [1.807, 2.05) is 6.07 Å². The number of carbonyl (C=O) groups excluding carboxylic acids is 1. The summed E-state index contributed by atoms with van der Waals surface area (Å²) in [6.45, 7) is 2.19. The van der Waals surface area contributed by atoms with Crippen LogP contribution in [0.1, 0.15) is 24.8 Å². The van der Waals surface area contributed by atoms with Gasteiger partial charge in [-0.3, -0.25) is 4.79 Å². The molecule has 1 saturated carbocycles. The van der Waals surface area contributed by atoms with E-state index in [4.69, 9.17) is 4.74 Å². The Hall–Kier alpha value is -0.900. The molecule has 0 aromatic heterocycles. The summed E-state index contributed by atoms with van der Waals surface area (Å²) < 4.78 is 18.7. The van der Waals surface area contributed by atoms with Gasteiger partial charge in [-0.2, -0.15) is 0 Å². The first-order valence-electron chi connectivity index (χ1n) is 5.25. The second-order valence-electron chi connectivity index (χ2n) is 3.87. The van der Waals surface area contributed by atoms with Crippen LogP contribution in [0.25, 0.3) is 0 Å². The predicted octanol–water partition coefficient (Wildman–Crippen LogP) is 3.25. The van der Waals surface area contributed by atoms with Crippen LogP contribution in [0.3, 0.4) is 0 Å². The highest BCUT2D eigenvalue weighted by Crippen LogP contribution is 2.48. The van der Waals surface area contributed by atoms with Crippen LogP contribution in [0.4, 0.5) is 4.39 Å². The third-order valence-corrected chi connectivity index (χ3v) is 3.39. The lowest BCUT2D eigenvalue weighted by Gasteiger charge is -2.02. The highest BCUT2D eigenvalue weighted by molar-refractivity contribution is 9.10. The zero-order valence-electron chi connectivity index (χ0n) is 8.87. The normalized spacial score (nSPS) is 22.9. The van der Waals surface area contributed by atoms with Crippen LogP contribution in [-0.4, -0.2) is 12.6 Å². The van der Waals surface area contributed by atoms with E-state index in [9.17, 15) is 9.18 Å². The Bertz CT molecular complexity index is 419. The molecule has 86 valence electrons. The fourth-order valence-electron chi connectivity index (χ4n) is 1.82. The quantitative estimate of drug-likeness (QED) is 0.798. The smallest absolute Gasteiger partial charge is 0.309 e. The average Bonchev–Trinajstić information content (AvgIpc) is 3.02. The minimum Gasteiger partial charge on any atom is -0.466 e. The van der Waals surface area contributed by atoms with Gasteiger partial charge in [0, 0.05) is 0 Å². The summed E-state index contributed by atoms with van der Waals surface area (Å²) in [5.74, 6) is -0.412. The van der Waals surface area contributed by atoms with E-state index in [2.05, 4.69) is 15.9 Å². The van der Waals surface area contributed by atoms with E-state index in [0.29, 0.717) is 11.1 Å². The topological polar surface area (TPSA) is 26.3 Å². The molecule has 1 aliphatic rings. The minimum atomic E-state index is -0.285. The van der Waals surface area contributed by atoms with Gasteiger partial charge in [0.05, 0.1) is 17.0 Å². The fraction of sp³-hybridized carbons (Fsp3) is 0.417. The van der Waals surface area contributed by atoms with Gasteiger partial charge in [0.25, 0.3) is 0 Å². The van der Waals surface area contributed by atoms with Gasteiger partial charge in [0.2, 0.25) is 0 Å². The highest BCUT2D eigenvalue weighted by Gasteiger charge is 2.45. The maximum Gasteiger partial charge on any atom is 0.309 e. The van der Waals surface area contributed by atoms with Crippen molar-refractivity contribution in [1.82, 2.24) is 0 Å². The molecule has 0 saturated heterocycles. The highest BCUT2D eigenvalue weighted by atomic mass is 79.9. The number of halogens is 2. The maximum atomic E-state index is 13.3. The molecule has 1 aliphatic carbocycles. The lowest BCUT2D eigenvalue weighted by atomic mass is 10.1. The molecule has 0 heterocycles. The summed E-state index contributed by atoms with van der Waals surface area (Å²) in [4.78, 5) is 11.4. The Morgan fingerprint density at radius 2 is 2.38 bits per heavy atom. The molecule has 0 spiro atoms. The molecule has 1 unspecified atom stereocenters. The lowest BCUT2D eigenvalue weighted by Crippen LogP contribution is -2.07. The molecule has 2 rings (SSSR count). The molecule has 2 nitrogen and oxygen atoms in total. The van der Waals surface area contributed by atoms with Gasteiger partial charge in [-0.05, 0) is 52.9 Å². The molecule has 0 radical (unpaired) electrons. The van der Waals surface area contributed by atoms with Crippen molar-refractivity contribution in [3.05, 3.63) is 34.1 Å². The summed E-state index contributed by atoms with van der Waals surface area (Å²) in [5, 5.41) is 0. The van der Waals surface area contributed by atoms with Crippen molar-refractivity contribution in [2.75, 3.05) is 6.61 Å². The standard InChI is InChI=1S/C12H12BrFO2/c1-2-16-12(15)9-6-8(9)7-3-4-10(13)11(14)5-7/h3-5,8-9H,2,6H2,1H3/t8?,9-/m1/s1. The number of rotatable bonds is 3. The molecule has 4 heteroatoms. The van der Waals surface area contributed by atoms with Crippen molar-refractivity contribution in [3.63, 3.8) is 0 Å². The monoisotopic (exact) mass is 286 g/mol. The molecular weight excluding hydrogens is 275 g/mol. The molecule has 0 amide bonds. The molecule has 1 aromatic rings. The molecule has 0 N–H and O–H groups in total. The van der Waals surface area contributed by atoms with Gasteiger partial charge in [0.15, 0.2) is 0 Å². The van der Waals surface area contributed by atoms with Crippen molar-refractivity contribution < 1.29 is 13.9 Å². The zero-order valence-corrected chi connectivity index (χ0v) is 10.5. The Balaban J connectivity index is 2.06. The second kappa shape index (κ2) is 4.53. The number of benzene rings is 1. The van der Waals surface area contributed by atoms with Crippen LogP contribution in [0, 0.1) is 11.7 Å². The van der Waals surface area contributed by atoms with E-state index < -0.39 is 0 Å². The number of ether oxygens (including phenoxy) is 1. The summed E-state index contributed by atoms with van der Waals surface area (Å²) in [5.41, 5.74) is 0.874. The SMILES string of the molecule is CCOC(=O)[C@@H]1CC1c1ccc(Br)c(F)c1. The lowest BCUT2D eigenvalue weighted by molar-refractivity contribution is -0.144.